The van der Waals surface area contributed by atoms with E-state index in [1.165, 1.54) is 18.2 Å². The maximum absolute atomic E-state index is 14.4. The number of rotatable bonds is 7. The molecule has 1 fully saturated rings. The number of amides is 5. The van der Waals surface area contributed by atoms with Crippen LogP contribution in [0.15, 0.2) is 79.0 Å². The number of carbonyl (C=O) groups excluding carboxylic acids is 6. The minimum Gasteiger partial charge on any atom is -0.467 e. The van der Waals surface area contributed by atoms with Gasteiger partial charge < -0.3 is 30.9 Å². The predicted octanol–water partition coefficient (Wildman–Crippen LogP) is 2.52. The molecule has 0 unspecified atom stereocenters. The number of hydrogen-bond acceptors (Lipinski definition) is 8. The van der Waals surface area contributed by atoms with Crippen molar-refractivity contribution in [3.05, 3.63) is 101 Å². The van der Waals surface area contributed by atoms with E-state index in [2.05, 4.69) is 26.3 Å². The van der Waals surface area contributed by atoms with Crippen molar-refractivity contribution in [3.63, 3.8) is 0 Å². The van der Waals surface area contributed by atoms with Gasteiger partial charge in [-0.1, -0.05) is 81.4 Å². The lowest BCUT2D eigenvalue weighted by Crippen LogP contribution is -2.59. The average molecular weight is 739 g/mol. The molecule has 54 heavy (non-hydrogen) atoms. The molecule has 0 saturated carbocycles. The van der Waals surface area contributed by atoms with E-state index < -0.39 is 71.6 Å². The lowest BCUT2D eigenvalue weighted by molar-refractivity contribution is -0.145. The van der Waals surface area contributed by atoms with Gasteiger partial charge in [0.05, 0.1) is 7.11 Å². The molecule has 2 bridgehead atoms. The first-order valence-corrected chi connectivity index (χ1v) is 18.6. The van der Waals surface area contributed by atoms with Crippen LogP contribution in [0.5, 0.6) is 0 Å². The number of carbonyl (C=O) groups is 6. The molecule has 2 aromatic carbocycles. The van der Waals surface area contributed by atoms with Crippen LogP contribution in [-0.2, 0) is 48.0 Å². The monoisotopic (exact) mass is 738 g/mol. The van der Waals surface area contributed by atoms with Gasteiger partial charge in [0.25, 0.3) is 5.91 Å². The molecule has 13 nitrogen and oxygen atoms in total. The van der Waals surface area contributed by atoms with E-state index >= 15 is 0 Å². The highest BCUT2D eigenvalue weighted by atomic mass is 16.5. The summed E-state index contributed by atoms with van der Waals surface area (Å²) in [5.41, 5.74) is 2.56. The van der Waals surface area contributed by atoms with Gasteiger partial charge >= 0.3 is 5.97 Å². The van der Waals surface area contributed by atoms with Crippen molar-refractivity contribution < 1.29 is 33.5 Å². The quantitative estimate of drug-likeness (QED) is 0.211. The second-order valence-electron chi connectivity index (χ2n) is 14.6. The Balaban J connectivity index is 1.52. The van der Waals surface area contributed by atoms with Crippen molar-refractivity contribution in [2.45, 2.75) is 89.5 Å². The fourth-order valence-corrected chi connectivity index (χ4v) is 7.09. The number of nitrogens with one attached hydrogen (secondary N) is 4. The van der Waals surface area contributed by atoms with Gasteiger partial charge in [0.15, 0.2) is 0 Å². The van der Waals surface area contributed by atoms with Crippen LogP contribution in [0.2, 0.25) is 0 Å². The van der Waals surface area contributed by atoms with E-state index in [4.69, 9.17) is 4.74 Å². The van der Waals surface area contributed by atoms with Crippen LogP contribution in [0, 0.1) is 11.8 Å². The third-order valence-electron chi connectivity index (χ3n) is 9.94. The fraction of sp³-hybridized carbons (Fsp3) is 0.439. The SMILES string of the molecule is COC(=O)[C@@H]1Cc2ccc(cc2)C[C@H](C)[C@H](NC(=O)c2ccccn2)C(=O)N2CCC[C@H]2C(=O)N[C@@H](CC(C)C)C(=O)N[C@@H](Cc2ccccc2)C(=O)N1. The maximum atomic E-state index is 14.4. The summed E-state index contributed by atoms with van der Waals surface area (Å²) in [5, 5.41) is 11.5. The van der Waals surface area contributed by atoms with Gasteiger partial charge in [-0.05, 0) is 66.3 Å². The number of fused-ring (bicyclic) bond motifs is 14. The van der Waals surface area contributed by atoms with E-state index in [-0.39, 0.29) is 30.9 Å². The Morgan fingerprint density at radius 1 is 0.852 bits per heavy atom. The number of aromatic nitrogens is 1. The van der Waals surface area contributed by atoms with Crippen LogP contribution >= 0.6 is 0 Å². The maximum Gasteiger partial charge on any atom is 0.328 e. The van der Waals surface area contributed by atoms with Crippen molar-refractivity contribution in [1.82, 2.24) is 31.2 Å². The van der Waals surface area contributed by atoms with Gasteiger partial charge in [-0.25, -0.2) is 4.79 Å². The van der Waals surface area contributed by atoms with Gasteiger partial charge in [-0.2, -0.15) is 0 Å². The Kier molecular flexibility index (Phi) is 13.5. The molecule has 3 aliphatic rings. The van der Waals surface area contributed by atoms with E-state index in [1.807, 2.05) is 75.4 Å². The molecule has 6 atom stereocenters. The molecule has 286 valence electrons. The molecule has 13 heteroatoms. The Labute approximate surface area is 316 Å². The first kappa shape index (κ1) is 39.6. The van der Waals surface area contributed by atoms with E-state index in [0.29, 0.717) is 25.8 Å². The van der Waals surface area contributed by atoms with Crippen molar-refractivity contribution in [1.29, 1.82) is 0 Å². The fourth-order valence-electron chi connectivity index (χ4n) is 7.09. The van der Waals surface area contributed by atoms with Crippen LogP contribution in [0.25, 0.3) is 0 Å². The number of pyridine rings is 1. The van der Waals surface area contributed by atoms with E-state index in [1.54, 1.807) is 18.2 Å². The molecule has 0 spiro atoms. The van der Waals surface area contributed by atoms with Crippen LogP contribution in [-0.4, -0.2) is 89.3 Å². The van der Waals surface area contributed by atoms with Crippen LogP contribution in [0.3, 0.4) is 0 Å². The van der Waals surface area contributed by atoms with E-state index in [9.17, 15) is 28.8 Å². The Bertz CT molecular complexity index is 1790. The molecule has 1 aromatic heterocycles. The zero-order valence-corrected chi connectivity index (χ0v) is 31.2. The van der Waals surface area contributed by atoms with Crippen LogP contribution in [0.4, 0.5) is 0 Å². The molecular weight excluding hydrogens is 688 g/mol. The second kappa shape index (κ2) is 18.4. The standard InChI is InChI=1S/C41H50N6O7/c1-25(2)21-31-37(49)43-32(23-27-11-6-5-7-12-27)38(50)45-33(41(53)54-4)24-29-17-15-28(16-18-29)22-26(3)35(46-36(48)30-13-8-9-19-42-30)40(52)47-20-10-14-34(47)39(51)44-31/h5-9,11-13,15-19,25-26,31-35H,10,14,20-24H2,1-4H3,(H,43,49)(H,44,51)(H,45,50)(H,46,48)/t26-,31-,32-,33-,34-,35-/m0/s1. The summed E-state index contributed by atoms with van der Waals surface area (Å²) in [4.78, 5) is 88.5. The lowest BCUT2D eigenvalue weighted by atomic mass is 9.91. The van der Waals surface area contributed by atoms with Crippen molar-refractivity contribution in [2.24, 2.45) is 11.8 Å². The molecule has 0 radical (unpaired) electrons. The number of ether oxygens (including phenoxy) is 1. The molecule has 1 saturated heterocycles. The third kappa shape index (κ3) is 10.3. The van der Waals surface area contributed by atoms with Crippen molar-refractivity contribution in [2.75, 3.05) is 13.7 Å². The first-order chi connectivity index (χ1) is 25.9. The molecule has 3 aromatic rings. The Morgan fingerprint density at radius 3 is 2.15 bits per heavy atom. The lowest BCUT2D eigenvalue weighted by Gasteiger charge is -2.32. The molecule has 4 N–H and O–H groups in total. The molecular formula is C41H50N6O7. The van der Waals surface area contributed by atoms with Gasteiger partial charge in [0.2, 0.25) is 23.6 Å². The minimum atomic E-state index is -1.10. The Hall–Kier alpha value is -5.59. The largest absolute Gasteiger partial charge is 0.467 e. The third-order valence-corrected chi connectivity index (χ3v) is 9.94. The number of benzene rings is 2. The summed E-state index contributed by atoms with van der Waals surface area (Å²) < 4.78 is 5.06. The van der Waals surface area contributed by atoms with Gasteiger partial charge in [0.1, 0.15) is 35.9 Å². The number of nitrogens with zero attached hydrogens (tertiary/aromatic N) is 2. The highest BCUT2D eigenvalue weighted by molar-refractivity contribution is 5.98. The number of esters is 1. The van der Waals surface area contributed by atoms with Crippen molar-refractivity contribution >= 4 is 35.5 Å². The molecule has 6 rings (SSSR count). The van der Waals surface area contributed by atoms with Crippen LogP contribution in [0.1, 0.15) is 67.2 Å². The summed E-state index contributed by atoms with van der Waals surface area (Å²) in [6.07, 6.45) is 3.33. The molecule has 5 amide bonds. The molecule has 0 aliphatic carbocycles. The molecule has 3 aliphatic heterocycles. The highest BCUT2D eigenvalue weighted by Crippen LogP contribution is 2.24. The van der Waals surface area contributed by atoms with Gasteiger partial charge in [-0.15, -0.1) is 0 Å². The zero-order chi connectivity index (χ0) is 38.8. The molecule has 4 heterocycles. The van der Waals surface area contributed by atoms with Crippen molar-refractivity contribution in [3.8, 4) is 0 Å². The summed E-state index contributed by atoms with van der Waals surface area (Å²) in [6, 6.07) is 16.5. The number of methoxy groups -OCH3 is 1. The van der Waals surface area contributed by atoms with Crippen LogP contribution < -0.4 is 21.3 Å². The van der Waals surface area contributed by atoms with Gasteiger partial charge in [-0.3, -0.25) is 29.0 Å². The Morgan fingerprint density at radius 2 is 1.50 bits per heavy atom. The summed E-state index contributed by atoms with van der Waals surface area (Å²) in [5.74, 6) is -3.64. The smallest absolute Gasteiger partial charge is 0.328 e. The van der Waals surface area contributed by atoms with Gasteiger partial charge in [0, 0.05) is 25.6 Å². The normalized spacial score (nSPS) is 24.2. The predicted molar refractivity (Wildman–Crippen MR) is 201 cm³/mol. The first-order valence-electron chi connectivity index (χ1n) is 18.6. The summed E-state index contributed by atoms with van der Waals surface area (Å²) in [7, 11) is 1.24. The number of hydrogen-bond donors (Lipinski definition) is 4. The zero-order valence-electron chi connectivity index (χ0n) is 31.2. The topological polar surface area (TPSA) is 176 Å². The highest BCUT2D eigenvalue weighted by Gasteiger charge is 2.41. The van der Waals surface area contributed by atoms with E-state index in [0.717, 1.165) is 16.7 Å². The average Bonchev–Trinajstić information content (AvgIpc) is 3.67. The summed E-state index contributed by atoms with van der Waals surface area (Å²) >= 11 is 0. The second-order valence-corrected chi connectivity index (χ2v) is 14.6. The minimum absolute atomic E-state index is 0.0175. The summed E-state index contributed by atoms with van der Waals surface area (Å²) in [6.45, 7) is 6.00.